The summed E-state index contributed by atoms with van der Waals surface area (Å²) in [5.74, 6) is -1.08. The van der Waals surface area contributed by atoms with E-state index in [2.05, 4.69) is 5.32 Å². The topological polar surface area (TPSA) is 86.6 Å². The SMILES string of the molecule is O=C(O)CCc1ccc(C(=O)NCCO)cc1. The molecule has 0 fully saturated rings. The van der Waals surface area contributed by atoms with Gasteiger partial charge in [0, 0.05) is 18.5 Å². The van der Waals surface area contributed by atoms with Crippen molar-refractivity contribution in [1.82, 2.24) is 5.32 Å². The highest BCUT2D eigenvalue weighted by molar-refractivity contribution is 5.94. The minimum Gasteiger partial charge on any atom is -0.481 e. The molecule has 1 aromatic carbocycles. The molecule has 0 aliphatic heterocycles. The fourth-order valence-electron chi connectivity index (χ4n) is 1.35. The lowest BCUT2D eigenvalue weighted by molar-refractivity contribution is -0.136. The van der Waals surface area contributed by atoms with Crippen molar-refractivity contribution in [3.63, 3.8) is 0 Å². The van der Waals surface area contributed by atoms with Crippen molar-refractivity contribution in [3.05, 3.63) is 35.4 Å². The van der Waals surface area contributed by atoms with Crippen LogP contribution in [0.1, 0.15) is 22.3 Å². The third kappa shape index (κ3) is 4.65. The molecule has 0 aromatic heterocycles. The van der Waals surface area contributed by atoms with Crippen molar-refractivity contribution in [2.24, 2.45) is 0 Å². The first-order valence-corrected chi connectivity index (χ1v) is 5.33. The summed E-state index contributed by atoms with van der Waals surface area (Å²) in [5.41, 5.74) is 1.38. The summed E-state index contributed by atoms with van der Waals surface area (Å²) in [6.45, 7) is 0.127. The quantitative estimate of drug-likeness (QED) is 0.669. The number of nitrogens with one attached hydrogen (secondary N) is 1. The van der Waals surface area contributed by atoms with E-state index in [9.17, 15) is 9.59 Å². The molecule has 92 valence electrons. The molecule has 5 nitrogen and oxygen atoms in total. The highest BCUT2D eigenvalue weighted by Gasteiger charge is 2.04. The summed E-state index contributed by atoms with van der Waals surface area (Å²) < 4.78 is 0. The number of rotatable bonds is 6. The Hall–Kier alpha value is -1.88. The number of carbonyl (C=O) groups excluding carboxylic acids is 1. The smallest absolute Gasteiger partial charge is 0.303 e. The van der Waals surface area contributed by atoms with Gasteiger partial charge in [0.1, 0.15) is 0 Å². The second kappa shape index (κ2) is 6.65. The molecule has 0 unspecified atom stereocenters. The number of aliphatic hydroxyl groups is 1. The second-order valence-electron chi connectivity index (χ2n) is 3.57. The predicted octanol–water partition coefficient (Wildman–Crippen LogP) is 0.426. The highest BCUT2D eigenvalue weighted by atomic mass is 16.4. The minimum absolute atomic E-state index is 0.0794. The number of carboxylic acid groups (broad SMARTS) is 1. The van der Waals surface area contributed by atoms with Gasteiger partial charge in [-0.15, -0.1) is 0 Å². The number of hydrogen-bond acceptors (Lipinski definition) is 3. The molecule has 0 radical (unpaired) electrons. The van der Waals surface area contributed by atoms with Crippen LogP contribution in [0.3, 0.4) is 0 Å². The third-order valence-corrected chi connectivity index (χ3v) is 2.24. The third-order valence-electron chi connectivity index (χ3n) is 2.24. The number of carboxylic acids is 1. The zero-order valence-corrected chi connectivity index (χ0v) is 9.35. The zero-order chi connectivity index (χ0) is 12.7. The van der Waals surface area contributed by atoms with Gasteiger partial charge >= 0.3 is 5.97 Å². The maximum absolute atomic E-state index is 11.5. The van der Waals surface area contributed by atoms with Crippen molar-refractivity contribution >= 4 is 11.9 Å². The van der Waals surface area contributed by atoms with Gasteiger partial charge in [-0.25, -0.2) is 0 Å². The molecule has 1 amide bonds. The van der Waals surface area contributed by atoms with Gasteiger partial charge in [0.15, 0.2) is 0 Å². The first-order valence-electron chi connectivity index (χ1n) is 5.33. The first-order chi connectivity index (χ1) is 8.13. The highest BCUT2D eigenvalue weighted by Crippen LogP contribution is 2.06. The maximum atomic E-state index is 11.5. The zero-order valence-electron chi connectivity index (χ0n) is 9.35. The molecule has 0 aliphatic rings. The van der Waals surface area contributed by atoms with E-state index in [0.717, 1.165) is 5.56 Å². The Bertz CT molecular complexity index is 386. The van der Waals surface area contributed by atoms with Gasteiger partial charge in [-0.1, -0.05) is 12.1 Å². The summed E-state index contributed by atoms with van der Waals surface area (Å²) in [5, 5.41) is 19.6. The van der Waals surface area contributed by atoms with Crippen molar-refractivity contribution in [1.29, 1.82) is 0 Å². The number of benzene rings is 1. The van der Waals surface area contributed by atoms with E-state index in [4.69, 9.17) is 10.2 Å². The molecular formula is C12H15NO4. The fraction of sp³-hybridized carbons (Fsp3) is 0.333. The molecule has 3 N–H and O–H groups in total. The molecule has 0 spiro atoms. The van der Waals surface area contributed by atoms with E-state index < -0.39 is 5.97 Å². The molecule has 0 bridgehead atoms. The number of aliphatic carboxylic acids is 1. The number of amides is 1. The van der Waals surface area contributed by atoms with Crippen LogP contribution in [-0.4, -0.2) is 35.2 Å². The Morgan fingerprint density at radius 3 is 2.35 bits per heavy atom. The van der Waals surface area contributed by atoms with Gasteiger partial charge in [-0.2, -0.15) is 0 Å². The summed E-state index contributed by atoms with van der Waals surface area (Å²) in [6.07, 6.45) is 0.532. The summed E-state index contributed by atoms with van der Waals surface area (Å²) >= 11 is 0. The average molecular weight is 237 g/mol. The Balaban J connectivity index is 2.55. The Labute approximate surface area is 99.1 Å². The molecule has 1 aromatic rings. The predicted molar refractivity (Wildman–Crippen MR) is 61.8 cm³/mol. The van der Waals surface area contributed by atoms with Gasteiger partial charge in [0.05, 0.1) is 6.61 Å². The molecule has 1 rings (SSSR count). The van der Waals surface area contributed by atoms with E-state index in [0.29, 0.717) is 12.0 Å². The molecular weight excluding hydrogens is 222 g/mol. The largest absolute Gasteiger partial charge is 0.481 e. The van der Waals surface area contributed by atoms with Crippen molar-refractivity contribution in [2.75, 3.05) is 13.2 Å². The lowest BCUT2D eigenvalue weighted by Crippen LogP contribution is -2.26. The normalized spacial score (nSPS) is 9.94. The number of carbonyl (C=O) groups is 2. The van der Waals surface area contributed by atoms with E-state index in [1.54, 1.807) is 24.3 Å². The minimum atomic E-state index is -0.838. The van der Waals surface area contributed by atoms with Crippen LogP contribution in [0.2, 0.25) is 0 Å². The van der Waals surface area contributed by atoms with Crippen LogP contribution in [0, 0.1) is 0 Å². The Morgan fingerprint density at radius 1 is 1.18 bits per heavy atom. The molecule has 0 heterocycles. The van der Waals surface area contributed by atoms with E-state index in [-0.39, 0.29) is 25.5 Å². The van der Waals surface area contributed by atoms with Gasteiger partial charge < -0.3 is 15.5 Å². The molecule has 0 aliphatic carbocycles. The van der Waals surface area contributed by atoms with Gasteiger partial charge in [-0.05, 0) is 24.1 Å². The first kappa shape index (κ1) is 13.2. The van der Waals surface area contributed by atoms with Crippen LogP contribution >= 0.6 is 0 Å². The average Bonchev–Trinajstić information content (AvgIpc) is 2.34. The van der Waals surface area contributed by atoms with Crippen LogP contribution in [-0.2, 0) is 11.2 Å². The number of aliphatic hydroxyl groups excluding tert-OH is 1. The van der Waals surface area contributed by atoms with Crippen LogP contribution in [0.25, 0.3) is 0 Å². The lowest BCUT2D eigenvalue weighted by Gasteiger charge is -2.04. The fourth-order valence-corrected chi connectivity index (χ4v) is 1.35. The molecule has 0 saturated carbocycles. The van der Waals surface area contributed by atoms with Crippen LogP contribution < -0.4 is 5.32 Å². The molecule has 5 heteroatoms. The van der Waals surface area contributed by atoms with Gasteiger partial charge in [0.25, 0.3) is 5.91 Å². The maximum Gasteiger partial charge on any atom is 0.303 e. The van der Waals surface area contributed by atoms with Crippen LogP contribution in [0.4, 0.5) is 0 Å². The molecule has 0 atom stereocenters. The van der Waals surface area contributed by atoms with E-state index in [1.807, 2.05) is 0 Å². The van der Waals surface area contributed by atoms with Gasteiger partial charge in [0.2, 0.25) is 0 Å². The van der Waals surface area contributed by atoms with E-state index in [1.165, 1.54) is 0 Å². The summed E-state index contributed by atoms with van der Waals surface area (Å²) in [7, 11) is 0. The standard InChI is InChI=1S/C12H15NO4/c14-8-7-13-12(17)10-4-1-9(2-5-10)3-6-11(15)16/h1-2,4-5,14H,3,6-8H2,(H,13,17)(H,15,16). The monoisotopic (exact) mass is 237 g/mol. The van der Waals surface area contributed by atoms with Crippen LogP contribution in [0.5, 0.6) is 0 Å². The molecule has 17 heavy (non-hydrogen) atoms. The van der Waals surface area contributed by atoms with Crippen LogP contribution in [0.15, 0.2) is 24.3 Å². The number of aryl methyl sites for hydroxylation is 1. The van der Waals surface area contributed by atoms with Crippen molar-refractivity contribution < 1.29 is 19.8 Å². The van der Waals surface area contributed by atoms with Gasteiger partial charge in [-0.3, -0.25) is 9.59 Å². The Kier molecular flexibility index (Phi) is 5.16. The van der Waals surface area contributed by atoms with Crippen molar-refractivity contribution in [3.8, 4) is 0 Å². The lowest BCUT2D eigenvalue weighted by atomic mass is 10.1. The van der Waals surface area contributed by atoms with E-state index >= 15 is 0 Å². The number of hydrogen-bond donors (Lipinski definition) is 3. The summed E-state index contributed by atoms with van der Waals surface area (Å²) in [6, 6.07) is 6.75. The Morgan fingerprint density at radius 2 is 1.82 bits per heavy atom. The molecule has 0 saturated heterocycles. The second-order valence-corrected chi connectivity index (χ2v) is 3.57. The van der Waals surface area contributed by atoms with Crippen molar-refractivity contribution in [2.45, 2.75) is 12.8 Å². The summed E-state index contributed by atoms with van der Waals surface area (Å²) in [4.78, 5) is 21.8.